The van der Waals surface area contributed by atoms with Gasteiger partial charge in [-0.3, -0.25) is 4.31 Å². The molecule has 8 heteroatoms. The maximum atomic E-state index is 13.3. The molecular weight excluding hydrogens is 384 g/mol. The smallest absolute Gasteiger partial charge is 0.264 e. The summed E-state index contributed by atoms with van der Waals surface area (Å²) >= 11 is 0. The van der Waals surface area contributed by atoms with Crippen LogP contribution in [0.25, 0.3) is 0 Å². The summed E-state index contributed by atoms with van der Waals surface area (Å²) < 4.78 is 55.4. The number of nitrogens with zero attached hydrogens (tertiary/aromatic N) is 1. The van der Waals surface area contributed by atoms with Crippen molar-refractivity contribution in [3.8, 4) is 0 Å². The lowest BCUT2D eigenvalue weighted by Gasteiger charge is -2.28. The number of hydrogen-bond acceptors (Lipinski definition) is 4. The second-order valence-corrected chi connectivity index (χ2v) is 10.6. The predicted octanol–water partition coefficient (Wildman–Crippen LogP) is 3.04. The van der Waals surface area contributed by atoms with E-state index in [4.69, 9.17) is 0 Å². The summed E-state index contributed by atoms with van der Waals surface area (Å²) in [6.07, 6.45) is 1.62. The number of rotatable bonds is 7. The molecule has 0 unspecified atom stereocenters. The Hall–Kier alpha value is -1.90. The fourth-order valence-electron chi connectivity index (χ4n) is 2.81. The fraction of sp³-hybridized carbons (Fsp3) is 0.368. The lowest BCUT2D eigenvalue weighted by atomic mass is 10.2. The summed E-state index contributed by atoms with van der Waals surface area (Å²) in [5, 5.41) is 0. The zero-order chi connectivity index (χ0) is 19.8. The molecule has 2 aromatic carbocycles. The molecule has 0 heterocycles. The van der Waals surface area contributed by atoms with Gasteiger partial charge in [0, 0.05) is 12.1 Å². The van der Waals surface area contributed by atoms with Gasteiger partial charge in [0.05, 0.1) is 15.5 Å². The number of sulfonamides is 2. The van der Waals surface area contributed by atoms with Crippen LogP contribution in [0.15, 0.2) is 58.3 Å². The normalized spacial score (nSPS) is 15.1. The Morgan fingerprint density at radius 3 is 2.11 bits per heavy atom. The maximum absolute atomic E-state index is 13.3. The van der Waals surface area contributed by atoms with Crippen LogP contribution in [0.2, 0.25) is 0 Å². The Kier molecular flexibility index (Phi) is 5.33. The summed E-state index contributed by atoms with van der Waals surface area (Å²) in [5.41, 5.74) is 1.57. The summed E-state index contributed by atoms with van der Waals surface area (Å²) in [6, 6.07) is 12.3. The van der Waals surface area contributed by atoms with Crippen molar-refractivity contribution in [2.24, 2.45) is 0 Å². The van der Waals surface area contributed by atoms with Gasteiger partial charge in [-0.15, -0.1) is 0 Å². The average Bonchev–Trinajstić information content (AvgIpc) is 3.40. The molecule has 146 valence electrons. The van der Waals surface area contributed by atoms with Crippen molar-refractivity contribution in [1.29, 1.82) is 0 Å². The van der Waals surface area contributed by atoms with Crippen LogP contribution in [-0.4, -0.2) is 28.9 Å². The Bertz CT molecular complexity index is 1030. The third kappa shape index (κ3) is 4.34. The number of anilines is 1. The molecule has 0 bridgehead atoms. The quantitative estimate of drug-likeness (QED) is 0.763. The maximum Gasteiger partial charge on any atom is 0.264 e. The minimum absolute atomic E-state index is 0.0388. The molecule has 3 rings (SSSR count). The Balaban J connectivity index is 2.02. The van der Waals surface area contributed by atoms with Crippen LogP contribution in [0.5, 0.6) is 0 Å². The van der Waals surface area contributed by atoms with Crippen molar-refractivity contribution < 1.29 is 16.8 Å². The molecule has 1 saturated carbocycles. The van der Waals surface area contributed by atoms with E-state index in [-0.39, 0.29) is 21.9 Å². The van der Waals surface area contributed by atoms with Gasteiger partial charge < -0.3 is 0 Å². The first-order valence-electron chi connectivity index (χ1n) is 8.85. The molecule has 2 aromatic rings. The van der Waals surface area contributed by atoms with Gasteiger partial charge in [0.25, 0.3) is 10.0 Å². The van der Waals surface area contributed by atoms with Crippen LogP contribution >= 0.6 is 0 Å². The molecule has 1 aliphatic carbocycles. The molecule has 0 aromatic heterocycles. The van der Waals surface area contributed by atoms with Crippen molar-refractivity contribution in [3.05, 3.63) is 54.1 Å². The van der Waals surface area contributed by atoms with E-state index in [1.807, 2.05) is 19.1 Å². The Morgan fingerprint density at radius 2 is 1.56 bits per heavy atom. The van der Waals surface area contributed by atoms with E-state index in [9.17, 15) is 16.8 Å². The van der Waals surface area contributed by atoms with Gasteiger partial charge in [0.1, 0.15) is 0 Å². The second-order valence-electron chi connectivity index (χ2n) is 7.10. The molecule has 0 atom stereocenters. The monoisotopic (exact) mass is 408 g/mol. The molecule has 0 saturated heterocycles. The SMILES string of the molecule is Cc1ccc(N(C(C)C)S(=O)(=O)c2cccc(S(=O)(=O)NC3CC3)c2)cc1. The average molecular weight is 409 g/mol. The fourth-order valence-corrected chi connectivity index (χ4v) is 5.94. The minimum atomic E-state index is -3.92. The highest BCUT2D eigenvalue weighted by atomic mass is 32.2. The highest BCUT2D eigenvalue weighted by Gasteiger charge is 2.31. The highest BCUT2D eigenvalue weighted by molar-refractivity contribution is 7.93. The van der Waals surface area contributed by atoms with E-state index < -0.39 is 20.0 Å². The summed E-state index contributed by atoms with van der Waals surface area (Å²) in [5.74, 6) is 0. The summed E-state index contributed by atoms with van der Waals surface area (Å²) in [6.45, 7) is 5.50. The van der Waals surface area contributed by atoms with Crippen LogP contribution in [0.4, 0.5) is 5.69 Å². The molecule has 1 aliphatic rings. The van der Waals surface area contributed by atoms with E-state index in [1.54, 1.807) is 26.0 Å². The topological polar surface area (TPSA) is 83.6 Å². The first-order chi connectivity index (χ1) is 12.6. The van der Waals surface area contributed by atoms with Gasteiger partial charge in [-0.2, -0.15) is 0 Å². The lowest BCUT2D eigenvalue weighted by molar-refractivity contribution is 0.580. The molecule has 0 radical (unpaired) electrons. The standard InChI is InChI=1S/C19H24N2O4S2/c1-14(2)21(17-11-7-15(3)8-12-17)27(24,25)19-6-4-5-18(13-19)26(22,23)20-16-9-10-16/h4-8,11-14,16,20H,9-10H2,1-3H3. The van der Waals surface area contributed by atoms with E-state index in [0.717, 1.165) is 18.4 Å². The van der Waals surface area contributed by atoms with Crippen molar-refractivity contribution in [3.63, 3.8) is 0 Å². The molecule has 6 nitrogen and oxygen atoms in total. The first-order valence-corrected chi connectivity index (χ1v) is 11.8. The van der Waals surface area contributed by atoms with Gasteiger partial charge >= 0.3 is 0 Å². The highest BCUT2D eigenvalue weighted by Crippen LogP contribution is 2.28. The number of hydrogen-bond donors (Lipinski definition) is 1. The van der Waals surface area contributed by atoms with Crippen molar-refractivity contribution >= 4 is 25.7 Å². The van der Waals surface area contributed by atoms with Crippen LogP contribution in [0.1, 0.15) is 32.3 Å². The van der Waals surface area contributed by atoms with Gasteiger partial charge in [-0.1, -0.05) is 23.8 Å². The first kappa shape index (κ1) is 19.9. The van der Waals surface area contributed by atoms with Gasteiger partial charge in [0.2, 0.25) is 10.0 Å². The molecule has 0 amide bonds. The molecule has 27 heavy (non-hydrogen) atoms. The van der Waals surface area contributed by atoms with Gasteiger partial charge in [-0.25, -0.2) is 21.6 Å². The molecule has 0 aliphatic heterocycles. The third-order valence-electron chi connectivity index (χ3n) is 4.33. The van der Waals surface area contributed by atoms with Gasteiger partial charge in [0.15, 0.2) is 0 Å². The van der Waals surface area contributed by atoms with Crippen LogP contribution in [0.3, 0.4) is 0 Å². The zero-order valence-corrected chi connectivity index (χ0v) is 17.2. The zero-order valence-electron chi connectivity index (χ0n) is 15.6. The van der Waals surface area contributed by atoms with Crippen LogP contribution in [-0.2, 0) is 20.0 Å². The third-order valence-corrected chi connectivity index (χ3v) is 7.85. The number of nitrogens with one attached hydrogen (secondary N) is 1. The number of aryl methyl sites for hydroxylation is 1. The van der Waals surface area contributed by atoms with E-state index in [1.165, 1.54) is 28.6 Å². The van der Waals surface area contributed by atoms with Gasteiger partial charge in [-0.05, 0) is 63.9 Å². The van der Waals surface area contributed by atoms with E-state index in [0.29, 0.717) is 5.69 Å². The number of benzene rings is 2. The van der Waals surface area contributed by atoms with Crippen molar-refractivity contribution in [1.82, 2.24) is 4.72 Å². The largest absolute Gasteiger partial charge is 0.264 e. The predicted molar refractivity (Wildman–Crippen MR) is 106 cm³/mol. The molecule has 1 fully saturated rings. The van der Waals surface area contributed by atoms with E-state index in [2.05, 4.69) is 4.72 Å². The van der Waals surface area contributed by atoms with Crippen LogP contribution in [0, 0.1) is 6.92 Å². The molecule has 1 N–H and O–H groups in total. The lowest BCUT2D eigenvalue weighted by Crippen LogP contribution is -2.37. The van der Waals surface area contributed by atoms with Crippen molar-refractivity contribution in [2.45, 2.75) is 55.5 Å². The molecular formula is C19H24N2O4S2. The van der Waals surface area contributed by atoms with Crippen LogP contribution < -0.4 is 9.03 Å². The van der Waals surface area contributed by atoms with E-state index >= 15 is 0 Å². The minimum Gasteiger partial charge on any atom is -0.264 e. The second kappa shape index (κ2) is 7.26. The molecule has 0 spiro atoms. The Labute approximate surface area is 161 Å². The van der Waals surface area contributed by atoms with Crippen molar-refractivity contribution in [2.75, 3.05) is 4.31 Å². The summed E-state index contributed by atoms with van der Waals surface area (Å²) in [4.78, 5) is -0.0847. The summed E-state index contributed by atoms with van der Waals surface area (Å²) in [7, 11) is -7.65. The Morgan fingerprint density at radius 1 is 0.963 bits per heavy atom.